The quantitative estimate of drug-likeness (QED) is 0.795. The zero-order valence-electron chi connectivity index (χ0n) is 12.0. The second-order valence-electron chi connectivity index (χ2n) is 6.05. The summed E-state index contributed by atoms with van der Waals surface area (Å²) >= 11 is 0. The molecule has 0 spiro atoms. The van der Waals surface area contributed by atoms with Gasteiger partial charge in [0.25, 0.3) is 0 Å². The fraction of sp³-hybridized carbons (Fsp3) is 0.316. The van der Waals surface area contributed by atoms with Gasteiger partial charge < -0.3 is 4.74 Å². The molecule has 1 heterocycles. The first kappa shape index (κ1) is 12.6. The highest BCUT2D eigenvalue weighted by Crippen LogP contribution is 2.46. The van der Waals surface area contributed by atoms with Crippen LogP contribution in [0.5, 0.6) is 5.75 Å². The first-order valence-electron chi connectivity index (χ1n) is 7.66. The van der Waals surface area contributed by atoms with E-state index in [0.29, 0.717) is 0 Å². The van der Waals surface area contributed by atoms with Crippen LogP contribution >= 0.6 is 0 Å². The minimum Gasteiger partial charge on any atom is -0.493 e. The zero-order valence-corrected chi connectivity index (χ0v) is 12.0. The molecule has 0 N–H and O–H groups in total. The molecule has 2 heteroatoms. The molecule has 0 saturated heterocycles. The van der Waals surface area contributed by atoms with Crippen LogP contribution in [0.25, 0.3) is 0 Å². The molecular formula is C19H18O2. The summed E-state index contributed by atoms with van der Waals surface area (Å²) in [5.74, 6) is 1.21. The van der Waals surface area contributed by atoms with Gasteiger partial charge in [0, 0.05) is 12.0 Å². The topological polar surface area (TPSA) is 26.3 Å². The van der Waals surface area contributed by atoms with Gasteiger partial charge in [0.1, 0.15) is 5.75 Å². The smallest absolute Gasteiger partial charge is 0.173 e. The van der Waals surface area contributed by atoms with Crippen molar-refractivity contribution in [2.24, 2.45) is 0 Å². The number of hydrogen-bond donors (Lipinski definition) is 0. The van der Waals surface area contributed by atoms with Crippen molar-refractivity contribution in [1.82, 2.24) is 0 Å². The number of rotatable bonds is 3. The molecule has 1 fully saturated rings. The molecule has 1 aliphatic carbocycles. The lowest BCUT2D eigenvalue weighted by Gasteiger charge is -2.41. The van der Waals surface area contributed by atoms with Crippen LogP contribution in [0, 0.1) is 0 Å². The normalized spacial score (nSPS) is 18.5. The molecule has 0 amide bonds. The summed E-state index contributed by atoms with van der Waals surface area (Å²) in [5, 5.41) is 0. The molecule has 2 aromatic rings. The number of fused-ring (bicyclic) bond motifs is 1. The van der Waals surface area contributed by atoms with Crippen LogP contribution in [-0.4, -0.2) is 12.4 Å². The molecule has 1 saturated carbocycles. The summed E-state index contributed by atoms with van der Waals surface area (Å²) in [7, 11) is 0. The molecule has 0 unspecified atom stereocenters. The average molecular weight is 278 g/mol. The maximum absolute atomic E-state index is 13.1. The number of benzene rings is 2. The molecule has 21 heavy (non-hydrogen) atoms. The third-order valence-electron chi connectivity index (χ3n) is 4.92. The first-order valence-corrected chi connectivity index (χ1v) is 7.66. The SMILES string of the molecule is O=C(c1ccc2c(c1)CCO2)C1(c2ccccc2)CCC1. The Hall–Kier alpha value is -2.09. The molecule has 2 aliphatic rings. The van der Waals surface area contributed by atoms with Crippen LogP contribution in [0.2, 0.25) is 0 Å². The fourth-order valence-corrected chi connectivity index (χ4v) is 3.54. The van der Waals surface area contributed by atoms with E-state index in [1.165, 1.54) is 5.56 Å². The van der Waals surface area contributed by atoms with E-state index in [0.717, 1.165) is 49.2 Å². The maximum Gasteiger partial charge on any atom is 0.173 e. The Labute approximate surface area is 124 Å². The van der Waals surface area contributed by atoms with Crippen molar-refractivity contribution in [2.45, 2.75) is 31.1 Å². The Morgan fingerprint density at radius 3 is 2.57 bits per heavy atom. The number of Topliss-reactive ketones (excluding diaryl/α,β-unsaturated/α-hetero) is 1. The fourth-order valence-electron chi connectivity index (χ4n) is 3.54. The Kier molecular flexibility index (Phi) is 2.85. The van der Waals surface area contributed by atoms with Crippen molar-refractivity contribution in [1.29, 1.82) is 0 Å². The molecule has 0 aromatic heterocycles. The van der Waals surface area contributed by atoms with Crippen LogP contribution in [-0.2, 0) is 11.8 Å². The predicted octanol–water partition coefficient (Wildman–Crippen LogP) is 3.93. The summed E-state index contributed by atoms with van der Waals surface area (Å²) in [6, 6.07) is 16.2. The van der Waals surface area contributed by atoms with Gasteiger partial charge in [-0.05, 0) is 42.2 Å². The molecule has 0 atom stereocenters. The highest BCUT2D eigenvalue weighted by atomic mass is 16.5. The van der Waals surface area contributed by atoms with Gasteiger partial charge in [-0.3, -0.25) is 4.79 Å². The molecule has 4 rings (SSSR count). The van der Waals surface area contributed by atoms with E-state index in [9.17, 15) is 4.79 Å². The Bertz CT molecular complexity index is 684. The Morgan fingerprint density at radius 2 is 1.86 bits per heavy atom. The van der Waals surface area contributed by atoms with Crippen molar-refractivity contribution in [3.63, 3.8) is 0 Å². The van der Waals surface area contributed by atoms with E-state index in [2.05, 4.69) is 12.1 Å². The predicted molar refractivity (Wildman–Crippen MR) is 81.9 cm³/mol. The van der Waals surface area contributed by atoms with Gasteiger partial charge in [-0.15, -0.1) is 0 Å². The minimum absolute atomic E-state index is 0.273. The third kappa shape index (κ3) is 1.90. The van der Waals surface area contributed by atoms with Crippen molar-refractivity contribution in [2.75, 3.05) is 6.61 Å². The monoisotopic (exact) mass is 278 g/mol. The van der Waals surface area contributed by atoms with E-state index < -0.39 is 0 Å². The van der Waals surface area contributed by atoms with Crippen LogP contribution < -0.4 is 4.74 Å². The van der Waals surface area contributed by atoms with Crippen LogP contribution in [0.1, 0.15) is 40.7 Å². The molecule has 1 aliphatic heterocycles. The highest BCUT2D eigenvalue weighted by molar-refractivity contribution is 6.05. The van der Waals surface area contributed by atoms with Gasteiger partial charge in [0.05, 0.1) is 12.0 Å². The largest absolute Gasteiger partial charge is 0.493 e. The lowest BCUT2D eigenvalue weighted by molar-refractivity contribution is 0.0789. The zero-order chi connectivity index (χ0) is 14.3. The van der Waals surface area contributed by atoms with Gasteiger partial charge >= 0.3 is 0 Å². The summed E-state index contributed by atoms with van der Waals surface area (Å²) in [6.07, 6.45) is 3.97. The average Bonchev–Trinajstić information content (AvgIpc) is 2.94. The third-order valence-corrected chi connectivity index (χ3v) is 4.92. The number of carbonyl (C=O) groups is 1. The highest BCUT2D eigenvalue weighted by Gasteiger charge is 2.45. The minimum atomic E-state index is -0.297. The van der Waals surface area contributed by atoms with Crippen molar-refractivity contribution in [3.05, 3.63) is 65.2 Å². The second-order valence-corrected chi connectivity index (χ2v) is 6.05. The van der Waals surface area contributed by atoms with E-state index in [1.54, 1.807) is 0 Å². The second kappa shape index (κ2) is 4.73. The standard InChI is InChI=1S/C19H18O2/c20-18(15-7-8-17-14(13-15)9-12-21-17)19(10-4-11-19)16-5-2-1-3-6-16/h1-3,5-8,13H,4,9-12H2. The molecular weight excluding hydrogens is 260 g/mol. The van der Waals surface area contributed by atoms with Crippen LogP contribution in [0.4, 0.5) is 0 Å². The number of ether oxygens (including phenoxy) is 1. The molecule has 106 valence electrons. The first-order chi connectivity index (χ1) is 10.3. The Balaban J connectivity index is 1.73. The lowest BCUT2D eigenvalue weighted by Crippen LogP contribution is -2.42. The summed E-state index contributed by atoms with van der Waals surface area (Å²) in [4.78, 5) is 13.1. The van der Waals surface area contributed by atoms with Crippen molar-refractivity contribution >= 4 is 5.78 Å². The summed E-state index contributed by atoms with van der Waals surface area (Å²) in [6.45, 7) is 0.733. The summed E-state index contributed by atoms with van der Waals surface area (Å²) < 4.78 is 5.53. The number of hydrogen-bond acceptors (Lipinski definition) is 2. The van der Waals surface area contributed by atoms with Crippen LogP contribution in [0.15, 0.2) is 48.5 Å². The van der Waals surface area contributed by atoms with Gasteiger partial charge in [-0.2, -0.15) is 0 Å². The Morgan fingerprint density at radius 1 is 1.05 bits per heavy atom. The van der Waals surface area contributed by atoms with E-state index >= 15 is 0 Å². The number of carbonyl (C=O) groups excluding carboxylic acids is 1. The molecule has 2 nitrogen and oxygen atoms in total. The van der Waals surface area contributed by atoms with E-state index in [4.69, 9.17) is 4.74 Å². The van der Waals surface area contributed by atoms with E-state index in [1.807, 2.05) is 36.4 Å². The van der Waals surface area contributed by atoms with Gasteiger partial charge in [0.15, 0.2) is 5.78 Å². The van der Waals surface area contributed by atoms with Gasteiger partial charge in [-0.25, -0.2) is 0 Å². The summed E-state index contributed by atoms with van der Waals surface area (Å²) in [5.41, 5.74) is 2.87. The lowest BCUT2D eigenvalue weighted by atomic mass is 9.60. The van der Waals surface area contributed by atoms with E-state index in [-0.39, 0.29) is 11.2 Å². The van der Waals surface area contributed by atoms with Crippen molar-refractivity contribution in [3.8, 4) is 5.75 Å². The molecule has 2 aromatic carbocycles. The van der Waals surface area contributed by atoms with Crippen molar-refractivity contribution < 1.29 is 9.53 Å². The molecule has 0 bridgehead atoms. The number of ketones is 1. The van der Waals surface area contributed by atoms with Crippen LogP contribution in [0.3, 0.4) is 0 Å². The van der Waals surface area contributed by atoms with Gasteiger partial charge in [-0.1, -0.05) is 36.8 Å². The molecule has 0 radical (unpaired) electrons. The maximum atomic E-state index is 13.1. The van der Waals surface area contributed by atoms with Gasteiger partial charge in [0.2, 0.25) is 0 Å².